The fourth-order valence-electron chi connectivity index (χ4n) is 10.6. The summed E-state index contributed by atoms with van der Waals surface area (Å²) in [7, 11) is 0. The van der Waals surface area contributed by atoms with E-state index >= 15 is 0 Å². The number of nitrogens with zero attached hydrogens (tertiary/aromatic N) is 7. The monoisotopic (exact) mass is 896 g/mol. The van der Waals surface area contributed by atoms with E-state index in [1.165, 1.54) is 56.2 Å². The number of hydrogen-bond donors (Lipinski definition) is 4. The zero-order chi connectivity index (χ0) is 43.3. The highest BCUT2D eigenvalue weighted by atomic mass is 35.5. The molecule has 342 valence electrons. The smallest absolute Gasteiger partial charge is 0.300 e. The second kappa shape index (κ2) is 23.8. The third-order valence-corrected chi connectivity index (χ3v) is 14.3. The van der Waals surface area contributed by atoms with E-state index in [0.29, 0.717) is 36.2 Å². The number of rotatable bonds is 9. The second-order valence-electron chi connectivity index (χ2n) is 17.9. The second-order valence-corrected chi connectivity index (χ2v) is 18.7. The van der Waals surface area contributed by atoms with Crippen LogP contribution >= 0.6 is 23.2 Å². The average Bonchev–Trinajstić information content (AvgIpc) is 3.75. The van der Waals surface area contributed by atoms with Gasteiger partial charge in [-0.25, -0.2) is 5.10 Å². The van der Waals surface area contributed by atoms with Crippen molar-refractivity contribution in [3.63, 3.8) is 0 Å². The first-order valence-corrected chi connectivity index (χ1v) is 23.9. The van der Waals surface area contributed by atoms with E-state index in [1.807, 2.05) is 24.3 Å². The van der Waals surface area contributed by atoms with Crippen LogP contribution in [0.4, 0.5) is 11.9 Å². The molecule has 6 fully saturated rings. The maximum absolute atomic E-state index is 9.00. The van der Waals surface area contributed by atoms with Crippen molar-refractivity contribution < 1.29 is 19.4 Å². The number of anilines is 2. The Hall–Kier alpha value is -3.05. The lowest BCUT2D eigenvalue weighted by Crippen LogP contribution is -2.59. The summed E-state index contributed by atoms with van der Waals surface area (Å²) in [4.78, 5) is 26.6. The van der Waals surface area contributed by atoms with E-state index < -0.39 is 5.97 Å². The molecule has 6 aliphatic heterocycles. The van der Waals surface area contributed by atoms with Crippen molar-refractivity contribution in [1.82, 2.24) is 40.1 Å². The van der Waals surface area contributed by atoms with Crippen LogP contribution in [0, 0.1) is 0 Å². The molecule has 0 spiro atoms. The molecule has 0 bridgehead atoms. The van der Waals surface area contributed by atoms with Crippen LogP contribution in [-0.4, -0.2) is 174 Å². The number of H-pyrrole nitrogens is 1. The summed E-state index contributed by atoms with van der Waals surface area (Å²) in [5, 5.41) is 19.6. The van der Waals surface area contributed by atoms with Gasteiger partial charge in [-0.05, 0) is 113 Å². The summed E-state index contributed by atoms with van der Waals surface area (Å²) in [6.45, 7) is 15.6. The first-order chi connectivity index (χ1) is 30.2. The van der Waals surface area contributed by atoms with Gasteiger partial charge in [0.1, 0.15) is 0 Å². The number of likely N-dealkylation sites (tertiary alicyclic amines) is 2. The lowest BCUT2D eigenvalue weighted by atomic mass is 9.88. The molecule has 0 saturated carbocycles. The molecule has 0 amide bonds. The van der Waals surface area contributed by atoms with Crippen LogP contribution in [0.1, 0.15) is 69.4 Å². The van der Waals surface area contributed by atoms with Crippen LogP contribution in [0.25, 0.3) is 0 Å². The lowest BCUT2D eigenvalue weighted by molar-refractivity contribution is -0.134. The van der Waals surface area contributed by atoms with Gasteiger partial charge in [0.25, 0.3) is 5.97 Å². The van der Waals surface area contributed by atoms with Crippen LogP contribution in [-0.2, 0) is 27.1 Å². The number of nitrogens with two attached hydrogens (primary N) is 1. The van der Waals surface area contributed by atoms with E-state index in [9.17, 15) is 0 Å². The van der Waals surface area contributed by atoms with Crippen molar-refractivity contribution in [2.24, 2.45) is 0 Å². The largest absolute Gasteiger partial charge is 0.481 e. The Labute approximate surface area is 378 Å². The van der Waals surface area contributed by atoms with E-state index in [0.717, 1.165) is 140 Å². The number of hydrogen-bond acceptors (Lipinski definition) is 12. The van der Waals surface area contributed by atoms with Crippen LogP contribution in [0.15, 0.2) is 48.5 Å². The molecule has 16 heteroatoms. The summed E-state index contributed by atoms with van der Waals surface area (Å²) in [5.41, 5.74) is 8.53. The number of aromatic amines is 1. The summed E-state index contributed by atoms with van der Waals surface area (Å²) in [5.74, 6) is 0.276. The average molecular weight is 898 g/mol. The van der Waals surface area contributed by atoms with Crippen molar-refractivity contribution >= 4 is 41.1 Å². The number of aliphatic carboxylic acids is 1. The third kappa shape index (κ3) is 13.7. The van der Waals surface area contributed by atoms with E-state index in [-0.39, 0.29) is 0 Å². The Morgan fingerprint density at radius 3 is 1.53 bits per heavy atom. The molecular formula is C46H70Cl2N10O4. The summed E-state index contributed by atoms with van der Waals surface area (Å²) in [6, 6.07) is 20.8. The minimum atomic E-state index is -0.833. The number of ether oxygens (including phenoxy) is 2. The Bertz CT molecular complexity index is 1760. The van der Waals surface area contributed by atoms with Gasteiger partial charge in [0.05, 0.1) is 26.4 Å². The maximum atomic E-state index is 9.00. The highest BCUT2D eigenvalue weighted by Crippen LogP contribution is 2.32. The van der Waals surface area contributed by atoms with E-state index in [2.05, 4.69) is 69.3 Å². The normalized spacial score (nSPS) is 26.5. The SMILES string of the molecule is CC(=O)O.Clc1ccc(C[C@H]2CC[C@@H](N3CCOCC3)CN2C2CCNCC2)cc1.Nc1nc(N2CCC(N3C[C@H](N4CCOCC4)CC[C@@H]3Cc3ccc(Cl)cc3)CC2)n[nH]1. The van der Waals surface area contributed by atoms with Gasteiger partial charge in [-0.1, -0.05) is 47.5 Å². The van der Waals surface area contributed by atoms with Crippen LogP contribution < -0.4 is 16.0 Å². The number of carboxylic acid groups (broad SMARTS) is 1. The zero-order valence-electron chi connectivity index (χ0n) is 36.7. The predicted octanol–water partition coefficient (Wildman–Crippen LogP) is 5.31. The number of carbonyl (C=O) groups is 1. The highest BCUT2D eigenvalue weighted by molar-refractivity contribution is 6.30. The third-order valence-electron chi connectivity index (χ3n) is 13.8. The predicted molar refractivity (Wildman–Crippen MR) is 247 cm³/mol. The number of nitrogen functional groups attached to an aromatic ring is 1. The summed E-state index contributed by atoms with van der Waals surface area (Å²) in [6.07, 6.45) is 12.2. The molecule has 6 aliphatic rings. The van der Waals surface area contributed by atoms with Gasteiger partial charge >= 0.3 is 0 Å². The Kier molecular flexibility index (Phi) is 18.0. The first kappa shape index (κ1) is 46.9. The number of morpholine rings is 2. The van der Waals surface area contributed by atoms with Gasteiger partial charge in [-0.15, -0.1) is 5.10 Å². The minimum Gasteiger partial charge on any atom is -0.481 e. The number of halogens is 2. The molecular weight excluding hydrogens is 827 g/mol. The van der Waals surface area contributed by atoms with Gasteiger partial charge in [0.15, 0.2) is 0 Å². The molecule has 2 aromatic carbocycles. The number of benzene rings is 2. The molecule has 1 aromatic heterocycles. The van der Waals surface area contributed by atoms with Crippen molar-refractivity contribution in [3.05, 3.63) is 69.7 Å². The van der Waals surface area contributed by atoms with Crippen LogP contribution in [0.3, 0.4) is 0 Å². The first-order valence-electron chi connectivity index (χ1n) is 23.2. The number of nitrogens with one attached hydrogen (secondary N) is 2. The van der Waals surface area contributed by atoms with Gasteiger partial charge in [0, 0.05) is 106 Å². The van der Waals surface area contributed by atoms with Gasteiger partial charge in [0.2, 0.25) is 11.9 Å². The lowest BCUT2D eigenvalue weighted by Gasteiger charge is -2.49. The number of piperidine rings is 4. The van der Waals surface area contributed by atoms with Crippen molar-refractivity contribution in [3.8, 4) is 0 Å². The Morgan fingerprint density at radius 1 is 0.677 bits per heavy atom. The summed E-state index contributed by atoms with van der Waals surface area (Å²) < 4.78 is 11.2. The molecule has 9 rings (SSSR count). The van der Waals surface area contributed by atoms with Crippen molar-refractivity contribution in [2.75, 3.05) is 103 Å². The molecule has 6 saturated heterocycles. The molecule has 3 aromatic rings. The molecule has 14 nitrogen and oxygen atoms in total. The Balaban J connectivity index is 0.000000175. The van der Waals surface area contributed by atoms with Gasteiger partial charge < -0.3 is 30.5 Å². The van der Waals surface area contributed by atoms with Crippen LogP contribution in [0.5, 0.6) is 0 Å². The van der Waals surface area contributed by atoms with Crippen LogP contribution in [0.2, 0.25) is 10.0 Å². The highest BCUT2D eigenvalue weighted by Gasteiger charge is 2.38. The van der Waals surface area contributed by atoms with Crippen molar-refractivity contribution in [2.45, 2.75) is 107 Å². The zero-order valence-corrected chi connectivity index (χ0v) is 38.2. The summed E-state index contributed by atoms with van der Waals surface area (Å²) >= 11 is 12.2. The Morgan fingerprint density at radius 2 is 1.11 bits per heavy atom. The minimum absolute atomic E-state index is 0.384. The van der Waals surface area contributed by atoms with E-state index in [4.69, 9.17) is 48.3 Å². The fraction of sp³-hybridized carbons (Fsp3) is 0.674. The molecule has 62 heavy (non-hydrogen) atoms. The molecule has 0 radical (unpaired) electrons. The van der Waals surface area contributed by atoms with Crippen molar-refractivity contribution in [1.29, 1.82) is 0 Å². The molecule has 4 atom stereocenters. The number of aromatic nitrogens is 3. The van der Waals surface area contributed by atoms with Gasteiger partial charge in [-0.3, -0.25) is 24.4 Å². The standard InChI is InChI=1S/C23H34ClN7O.C21H32ClN3O.C2H4O2/c24-18-3-1-17(2-4-18)15-20-5-6-21(29-11-13-32-14-12-29)16-31(20)19-7-9-30(10-8-19)23-26-22(25)27-28-23;22-18-3-1-17(2-4-18)15-20-5-6-21(24-11-13-26-14-12-24)16-25(20)19-7-9-23-10-8-19;1-2(3)4/h1-4,19-21H,5-16H2,(H3,25,26,27,28);1-4,19-21,23H,5-16H2;1H3,(H,3,4)/t2*20-,21-;/m11./s1. The van der Waals surface area contributed by atoms with Gasteiger partial charge in [-0.2, -0.15) is 4.98 Å². The topological polar surface area (TPSA) is 152 Å². The maximum Gasteiger partial charge on any atom is 0.300 e. The quantitative estimate of drug-likeness (QED) is 0.220. The molecule has 0 unspecified atom stereocenters. The number of carboxylic acids is 1. The molecule has 0 aliphatic carbocycles. The fourth-order valence-corrected chi connectivity index (χ4v) is 10.9. The van der Waals surface area contributed by atoms with E-state index in [1.54, 1.807) is 0 Å². The molecule has 5 N–H and O–H groups in total. The molecule has 7 heterocycles.